The van der Waals surface area contributed by atoms with Crippen molar-refractivity contribution in [2.75, 3.05) is 32.7 Å². The van der Waals surface area contributed by atoms with Crippen molar-refractivity contribution in [2.45, 2.75) is 44.2 Å². The molecule has 0 spiro atoms. The molecule has 1 aliphatic heterocycles. The van der Waals surface area contributed by atoms with Gasteiger partial charge in [-0.1, -0.05) is 36.4 Å². The van der Waals surface area contributed by atoms with Gasteiger partial charge in [-0.2, -0.15) is 0 Å². The SMILES string of the molecule is NC1CCC(NC(=O)c2cc(F)cnc2Oc2cccc(-c3ccc(CCN4CCN(C(=O)O)CC4)cc3)c2)CC1. The maximum atomic E-state index is 14.1. The number of amides is 2. The maximum Gasteiger partial charge on any atom is 0.407 e. The van der Waals surface area contributed by atoms with Gasteiger partial charge in [-0.3, -0.25) is 9.69 Å². The molecule has 2 aromatic carbocycles. The molecule has 2 aliphatic rings. The number of carbonyl (C=O) groups is 2. The highest BCUT2D eigenvalue weighted by Crippen LogP contribution is 2.29. The summed E-state index contributed by atoms with van der Waals surface area (Å²) in [6.45, 7) is 3.46. The fourth-order valence-corrected chi connectivity index (χ4v) is 5.36. The predicted molar refractivity (Wildman–Crippen MR) is 154 cm³/mol. The molecule has 1 saturated heterocycles. The van der Waals surface area contributed by atoms with Crippen molar-refractivity contribution in [2.24, 2.45) is 5.73 Å². The number of nitrogens with zero attached hydrogens (tertiary/aromatic N) is 3. The van der Waals surface area contributed by atoms with Crippen LogP contribution in [0.1, 0.15) is 41.6 Å². The summed E-state index contributed by atoms with van der Waals surface area (Å²) in [4.78, 5) is 31.9. The number of pyridine rings is 1. The summed E-state index contributed by atoms with van der Waals surface area (Å²) >= 11 is 0. The molecular formula is C31H36FN5O4. The first kappa shape index (κ1) is 28.5. The number of hydrogen-bond donors (Lipinski definition) is 3. The molecule has 9 nitrogen and oxygen atoms in total. The van der Waals surface area contributed by atoms with Gasteiger partial charge in [0.05, 0.1) is 6.20 Å². The van der Waals surface area contributed by atoms with Gasteiger partial charge in [-0.25, -0.2) is 14.2 Å². The quantitative estimate of drug-likeness (QED) is 0.370. The second kappa shape index (κ2) is 13.1. The van der Waals surface area contributed by atoms with E-state index >= 15 is 0 Å². The summed E-state index contributed by atoms with van der Waals surface area (Å²) in [5.74, 6) is -0.482. The van der Waals surface area contributed by atoms with E-state index in [1.54, 1.807) is 6.07 Å². The van der Waals surface area contributed by atoms with Crippen LogP contribution in [0, 0.1) is 5.82 Å². The molecule has 10 heteroatoms. The molecule has 2 heterocycles. The van der Waals surface area contributed by atoms with Crippen molar-refractivity contribution in [3.05, 3.63) is 77.7 Å². The van der Waals surface area contributed by atoms with Gasteiger partial charge < -0.3 is 25.8 Å². The highest BCUT2D eigenvalue weighted by molar-refractivity contribution is 5.96. The lowest BCUT2D eigenvalue weighted by Gasteiger charge is -2.33. The van der Waals surface area contributed by atoms with Crippen molar-refractivity contribution in [1.29, 1.82) is 0 Å². The van der Waals surface area contributed by atoms with Crippen LogP contribution < -0.4 is 15.8 Å². The minimum Gasteiger partial charge on any atom is -0.465 e. The Balaban J connectivity index is 1.21. The predicted octanol–water partition coefficient (Wildman–Crippen LogP) is 4.52. The highest BCUT2D eigenvalue weighted by atomic mass is 19.1. The summed E-state index contributed by atoms with van der Waals surface area (Å²) in [5, 5.41) is 12.1. The van der Waals surface area contributed by atoms with Crippen LogP contribution in [-0.2, 0) is 6.42 Å². The maximum absolute atomic E-state index is 14.1. The Kier molecular flexibility index (Phi) is 9.11. The Morgan fingerprint density at radius 3 is 2.44 bits per heavy atom. The number of rotatable bonds is 8. The van der Waals surface area contributed by atoms with Crippen LogP contribution in [0.4, 0.5) is 9.18 Å². The van der Waals surface area contributed by atoms with E-state index in [1.165, 1.54) is 10.5 Å². The molecule has 5 rings (SSSR count). The summed E-state index contributed by atoms with van der Waals surface area (Å²) < 4.78 is 20.1. The molecule has 2 fully saturated rings. The van der Waals surface area contributed by atoms with Crippen LogP contribution in [0.25, 0.3) is 11.1 Å². The van der Waals surface area contributed by atoms with Crippen LogP contribution in [0.2, 0.25) is 0 Å². The Labute approximate surface area is 239 Å². The summed E-state index contributed by atoms with van der Waals surface area (Å²) in [7, 11) is 0. The number of hydrogen-bond acceptors (Lipinski definition) is 6. The van der Waals surface area contributed by atoms with Gasteiger partial charge in [-0.15, -0.1) is 0 Å². The van der Waals surface area contributed by atoms with Crippen molar-refractivity contribution >= 4 is 12.0 Å². The van der Waals surface area contributed by atoms with E-state index in [-0.39, 0.29) is 23.5 Å². The van der Waals surface area contributed by atoms with Crippen molar-refractivity contribution in [1.82, 2.24) is 20.1 Å². The Hall–Kier alpha value is -4.02. The number of halogens is 1. The Bertz CT molecular complexity index is 1350. The summed E-state index contributed by atoms with van der Waals surface area (Å²) in [6.07, 6.45) is 4.33. The van der Waals surface area contributed by atoms with Crippen molar-refractivity contribution in [3.8, 4) is 22.8 Å². The number of benzene rings is 2. The average Bonchev–Trinajstić information content (AvgIpc) is 2.99. The molecule has 3 aromatic rings. The molecule has 1 aliphatic carbocycles. The number of nitrogens with one attached hydrogen (secondary N) is 1. The van der Waals surface area contributed by atoms with Crippen LogP contribution in [0.5, 0.6) is 11.6 Å². The van der Waals surface area contributed by atoms with Gasteiger partial charge in [-0.05, 0) is 67.0 Å². The van der Waals surface area contributed by atoms with E-state index < -0.39 is 17.8 Å². The van der Waals surface area contributed by atoms with E-state index in [9.17, 15) is 14.0 Å². The third kappa shape index (κ3) is 7.59. The molecule has 0 bridgehead atoms. The lowest BCUT2D eigenvalue weighted by Crippen LogP contribution is -2.48. The molecular weight excluding hydrogens is 525 g/mol. The Morgan fingerprint density at radius 1 is 1.00 bits per heavy atom. The lowest BCUT2D eigenvalue weighted by atomic mass is 9.91. The van der Waals surface area contributed by atoms with E-state index in [0.717, 1.165) is 75.1 Å². The van der Waals surface area contributed by atoms with Gasteiger partial charge in [0.1, 0.15) is 17.1 Å². The third-order valence-corrected chi connectivity index (χ3v) is 7.86. The molecule has 0 unspecified atom stereocenters. The molecule has 2 amide bonds. The third-order valence-electron chi connectivity index (χ3n) is 7.86. The van der Waals surface area contributed by atoms with Crippen LogP contribution >= 0.6 is 0 Å². The molecule has 216 valence electrons. The van der Waals surface area contributed by atoms with Crippen molar-refractivity contribution < 1.29 is 23.8 Å². The second-order valence-corrected chi connectivity index (χ2v) is 10.8. The number of carboxylic acid groups (broad SMARTS) is 1. The minimum absolute atomic E-state index is 0.00753. The topological polar surface area (TPSA) is 121 Å². The smallest absolute Gasteiger partial charge is 0.407 e. The molecule has 1 aromatic heterocycles. The van der Waals surface area contributed by atoms with Gasteiger partial charge in [0.25, 0.3) is 5.91 Å². The standard InChI is InChI=1S/C31H36FN5O4/c32-24-19-28(29(38)35-26-10-8-25(33)9-11-26)30(34-20-24)41-27-3-1-2-23(18-27)22-6-4-21(5-7-22)12-13-36-14-16-37(17-15-36)31(39)40/h1-7,18-20,25-26H,8-17,33H2,(H,35,38)(H,39,40). The van der Waals surface area contributed by atoms with E-state index in [0.29, 0.717) is 18.8 Å². The molecule has 1 saturated carbocycles. The van der Waals surface area contributed by atoms with E-state index in [4.69, 9.17) is 15.6 Å². The molecule has 0 atom stereocenters. The first-order chi connectivity index (χ1) is 19.8. The van der Waals surface area contributed by atoms with Crippen LogP contribution in [0.15, 0.2) is 60.8 Å². The van der Waals surface area contributed by atoms with Gasteiger partial charge in [0.15, 0.2) is 0 Å². The van der Waals surface area contributed by atoms with E-state index in [1.807, 2.05) is 18.2 Å². The minimum atomic E-state index is -0.852. The normalized spacial score (nSPS) is 19.5. The zero-order chi connectivity index (χ0) is 28.8. The number of piperazine rings is 1. The second-order valence-electron chi connectivity index (χ2n) is 10.8. The molecule has 4 N–H and O–H groups in total. The molecule has 41 heavy (non-hydrogen) atoms. The summed E-state index contributed by atoms with van der Waals surface area (Å²) in [5.41, 5.74) is 9.17. The fourth-order valence-electron chi connectivity index (χ4n) is 5.36. The number of nitrogens with two attached hydrogens (primary N) is 1. The first-order valence-electron chi connectivity index (χ1n) is 14.1. The van der Waals surface area contributed by atoms with Crippen LogP contribution in [0.3, 0.4) is 0 Å². The van der Waals surface area contributed by atoms with Gasteiger partial charge >= 0.3 is 6.09 Å². The fraction of sp³-hybridized carbons (Fsp3) is 0.387. The van der Waals surface area contributed by atoms with E-state index in [2.05, 4.69) is 39.5 Å². The zero-order valence-corrected chi connectivity index (χ0v) is 23.0. The van der Waals surface area contributed by atoms with Gasteiger partial charge in [0.2, 0.25) is 5.88 Å². The lowest BCUT2D eigenvalue weighted by molar-refractivity contribution is 0.0922. The van der Waals surface area contributed by atoms with Crippen LogP contribution in [-0.4, -0.2) is 76.7 Å². The average molecular weight is 562 g/mol. The van der Waals surface area contributed by atoms with Gasteiger partial charge in [0, 0.05) is 44.8 Å². The number of carbonyl (C=O) groups excluding carboxylic acids is 1. The number of aromatic nitrogens is 1. The monoisotopic (exact) mass is 561 g/mol. The molecule has 0 radical (unpaired) electrons. The number of ether oxygens (including phenoxy) is 1. The largest absolute Gasteiger partial charge is 0.465 e. The summed E-state index contributed by atoms with van der Waals surface area (Å²) in [6, 6.07) is 17.1. The van der Waals surface area contributed by atoms with Crippen molar-refractivity contribution in [3.63, 3.8) is 0 Å². The highest BCUT2D eigenvalue weighted by Gasteiger charge is 2.24. The Morgan fingerprint density at radius 2 is 1.73 bits per heavy atom. The zero-order valence-electron chi connectivity index (χ0n) is 23.0. The first-order valence-corrected chi connectivity index (χ1v) is 14.1.